The Morgan fingerprint density at radius 3 is 2.82 bits per heavy atom. The Labute approximate surface area is 107 Å². The molecule has 1 aromatic heterocycles. The molecular formula is C12H11BrFN3. The van der Waals surface area contributed by atoms with E-state index in [1.54, 1.807) is 12.3 Å². The number of nitrogens with zero attached hydrogens (tertiary/aromatic N) is 1. The quantitative estimate of drug-likeness (QED) is 0.890. The number of hydrogen-bond acceptors (Lipinski definition) is 3. The fourth-order valence-electron chi connectivity index (χ4n) is 1.45. The molecule has 0 saturated carbocycles. The molecule has 1 aromatic carbocycles. The molecule has 0 radical (unpaired) electrons. The zero-order valence-electron chi connectivity index (χ0n) is 9.17. The topological polar surface area (TPSA) is 50.9 Å². The van der Waals surface area contributed by atoms with Gasteiger partial charge in [0.2, 0.25) is 0 Å². The molecule has 2 aromatic rings. The lowest BCUT2D eigenvalue weighted by atomic mass is 10.2. The van der Waals surface area contributed by atoms with Crippen LogP contribution in [-0.4, -0.2) is 4.98 Å². The van der Waals surface area contributed by atoms with Crippen molar-refractivity contribution < 1.29 is 4.39 Å². The van der Waals surface area contributed by atoms with E-state index in [4.69, 9.17) is 5.73 Å². The molecule has 3 N–H and O–H groups in total. The van der Waals surface area contributed by atoms with Crippen LogP contribution in [0.15, 0.2) is 34.9 Å². The molecule has 0 saturated heterocycles. The maximum Gasteiger partial charge on any atom is 0.133 e. The van der Waals surface area contributed by atoms with Crippen LogP contribution >= 0.6 is 15.9 Å². The molecule has 0 fully saturated rings. The standard InChI is InChI=1S/C12H11BrFN3/c1-7-4-9(15)6-16-12(7)17-11-5-8(14)2-3-10(11)13/h2-6H,15H2,1H3,(H,16,17). The van der Waals surface area contributed by atoms with E-state index in [2.05, 4.69) is 26.2 Å². The monoisotopic (exact) mass is 295 g/mol. The molecule has 3 nitrogen and oxygen atoms in total. The lowest BCUT2D eigenvalue weighted by Gasteiger charge is -2.10. The molecule has 0 aliphatic rings. The van der Waals surface area contributed by atoms with Crippen molar-refractivity contribution in [2.45, 2.75) is 6.92 Å². The van der Waals surface area contributed by atoms with Crippen LogP contribution < -0.4 is 11.1 Å². The van der Waals surface area contributed by atoms with E-state index in [1.165, 1.54) is 12.1 Å². The Morgan fingerprint density at radius 2 is 2.12 bits per heavy atom. The lowest BCUT2D eigenvalue weighted by molar-refractivity contribution is 0.628. The van der Waals surface area contributed by atoms with Crippen LogP contribution in [0, 0.1) is 12.7 Å². The average Bonchev–Trinajstić information content (AvgIpc) is 2.27. The van der Waals surface area contributed by atoms with Gasteiger partial charge in [-0.05, 0) is 52.7 Å². The summed E-state index contributed by atoms with van der Waals surface area (Å²) >= 11 is 3.35. The Kier molecular flexibility index (Phi) is 3.28. The molecule has 0 aliphatic heterocycles. The third kappa shape index (κ3) is 2.74. The number of nitrogens with one attached hydrogen (secondary N) is 1. The third-order valence-electron chi connectivity index (χ3n) is 2.28. The zero-order chi connectivity index (χ0) is 12.4. The van der Waals surface area contributed by atoms with E-state index in [0.29, 0.717) is 17.2 Å². The van der Waals surface area contributed by atoms with Crippen molar-refractivity contribution in [2.75, 3.05) is 11.1 Å². The number of pyridine rings is 1. The van der Waals surface area contributed by atoms with Gasteiger partial charge in [0.25, 0.3) is 0 Å². The van der Waals surface area contributed by atoms with Gasteiger partial charge in [-0.2, -0.15) is 0 Å². The molecule has 5 heteroatoms. The van der Waals surface area contributed by atoms with Crippen molar-refractivity contribution in [3.63, 3.8) is 0 Å². The van der Waals surface area contributed by atoms with Crippen molar-refractivity contribution in [1.29, 1.82) is 0 Å². The number of aromatic nitrogens is 1. The van der Waals surface area contributed by atoms with Crippen LogP contribution in [0.4, 0.5) is 21.6 Å². The second-order valence-electron chi connectivity index (χ2n) is 3.68. The van der Waals surface area contributed by atoms with Crippen molar-refractivity contribution >= 4 is 33.1 Å². The Morgan fingerprint density at radius 1 is 1.35 bits per heavy atom. The van der Waals surface area contributed by atoms with Crippen LogP contribution in [0.3, 0.4) is 0 Å². The van der Waals surface area contributed by atoms with Gasteiger partial charge in [0.15, 0.2) is 0 Å². The molecular weight excluding hydrogens is 285 g/mol. The number of aryl methyl sites for hydroxylation is 1. The molecule has 0 spiro atoms. The fourth-order valence-corrected chi connectivity index (χ4v) is 1.79. The molecule has 0 unspecified atom stereocenters. The Balaban J connectivity index is 2.34. The van der Waals surface area contributed by atoms with Crippen LogP contribution in [0.5, 0.6) is 0 Å². The van der Waals surface area contributed by atoms with Gasteiger partial charge in [-0.25, -0.2) is 9.37 Å². The number of benzene rings is 1. The minimum absolute atomic E-state index is 0.302. The van der Waals surface area contributed by atoms with E-state index >= 15 is 0 Å². The fraction of sp³-hybridized carbons (Fsp3) is 0.0833. The largest absolute Gasteiger partial charge is 0.397 e. The first kappa shape index (κ1) is 11.9. The van der Waals surface area contributed by atoms with Gasteiger partial charge in [0.05, 0.1) is 17.6 Å². The van der Waals surface area contributed by atoms with Gasteiger partial charge >= 0.3 is 0 Å². The highest BCUT2D eigenvalue weighted by atomic mass is 79.9. The van der Waals surface area contributed by atoms with Crippen molar-refractivity contribution in [3.8, 4) is 0 Å². The van der Waals surface area contributed by atoms with Gasteiger partial charge < -0.3 is 11.1 Å². The summed E-state index contributed by atoms with van der Waals surface area (Å²) in [6.07, 6.45) is 1.56. The summed E-state index contributed by atoms with van der Waals surface area (Å²) in [4.78, 5) is 4.16. The predicted molar refractivity (Wildman–Crippen MR) is 70.8 cm³/mol. The molecule has 0 atom stereocenters. The van der Waals surface area contributed by atoms with Gasteiger partial charge in [0.1, 0.15) is 11.6 Å². The first-order valence-electron chi connectivity index (χ1n) is 5.00. The van der Waals surface area contributed by atoms with Gasteiger partial charge in [-0.3, -0.25) is 0 Å². The summed E-state index contributed by atoms with van der Waals surface area (Å²) in [7, 11) is 0. The number of hydrogen-bond donors (Lipinski definition) is 2. The van der Waals surface area contributed by atoms with E-state index < -0.39 is 0 Å². The van der Waals surface area contributed by atoms with Crippen LogP contribution in [0.25, 0.3) is 0 Å². The third-order valence-corrected chi connectivity index (χ3v) is 2.97. The predicted octanol–water partition coefficient (Wildman–Crippen LogP) is 3.62. The smallest absolute Gasteiger partial charge is 0.133 e. The normalized spacial score (nSPS) is 10.3. The second kappa shape index (κ2) is 4.71. The molecule has 0 amide bonds. The molecule has 0 aliphatic carbocycles. The van der Waals surface area contributed by atoms with Gasteiger partial charge in [0, 0.05) is 4.47 Å². The summed E-state index contributed by atoms with van der Waals surface area (Å²) in [6, 6.07) is 6.24. The first-order valence-corrected chi connectivity index (χ1v) is 5.80. The van der Waals surface area contributed by atoms with E-state index in [9.17, 15) is 4.39 Å². The summed E-state index contributed by atoms with van der Waals surface area (Å²) in [6.45, 7) is 1.89. The highest BCUT2D eigenvalue weighted by Gasteiger charge is 2.05. The molecule has 1 heterocycles. The van der Waals surface area contributed by atoms with Gasteiger partial charge in [-0.15, -0.1) is 0 Å². The molecule has 2 rings (SSSR count). The number of anilines is 3. The van der Waals surface area contributed by atoms with Crippen molar-refractivity contribution in [2.24, 2.45) is 0 Å². The maximum atomic E-state index is 13.1. The Bertz CT molecular complexity index is 557. The van der Waals surface area contributed by atoms with Crippen molar-refractivity contribution in [3.05, 3.63) is 46.3 Å². The molecule has 17 heavy (non-hydrogen) atoms. The number of nitrogen functional groups attached to an aromatic ring is 1. The highest BCUT2D eigenvalue weighted by molar-refractivity contribution is 9.10. The summed E-state index contributed by atoms with van der Waals surface area (Å²) < 4.78 is 13.9. The number of halogens is 2. The number of rotatable bonds is 2. The second-order valence-corrected chi connectivity index (χ2v) is 4.54. The summed E-state index contributed by atoms with van der Waals surface area (Å²) in [5.74, 6) is 0.356. The maximum absolute atomic E-state index is 13.1. The van der Waals surface area contributed by atoms with E-state index in [1.807, 2.05) is 13.0 Å². The molecule has 0 bridgehead atoms. The highest BCUT2D eigenvalue weighted by Crippen LogP contribution is 2.27. The van der Waals surface area contributed by atoms with Crippen LogP contribution in [-0.2, 0) is 0 Å². The van der Waals surface area contributed by atoms with Crippen molar-refractivity contribution in [1.82, 2.24) is 4.98 Å². The lowest BCUT2D eigenvalue weighted by Crippen LogP contribution is -1.99. The van der Waals surface area contributed by atoms with E-state index in [0.717, 1.165) is 10.0 Å². The summed E-state index contributed by atoms with van der Waals surface area (Å²) in [5, 5.41) is 3.05. The SMILES string of the molecule is Cc1cc(N)cnc1Nc1cc(F)ccc1Br. The van der Waals surface area contributed by atoms with Crippen LogP contribution in [0.1, 0.15) is 5.56 Å². The minimum Gasteiger partial charge on any atom is -0.397 e. The van der Waals surface area contributed by atoms with E-state index in [-0.39, 0.29) is 5.82 Å². The van der Waals surface area contributed by atoms with Crippen LogP contribution in [0.2, 0.25) is 0 Å². The zero-order valence-corrected chi connectivity index (χ0v) is 10.8. The number of nitrogens with two attached hydrogens (primary N) is 1. The first-order chi connectivity index (χ1) is 8.06. The average molecular weight is 296 g/mol. The Hall–Kier alpha value is -1.62. The summed E-state index contributed by atoms with van der Waals surface area (Å²) in [5.41, 5.74) is 7.75. The van der Waals surface area contributed by atoms with Gasteiger partial charge in [-0.1, -0.05) is 0 Å². The molecule has 88 valence electrons. The minimum atomic E-state index is -0.302.